The topological polar surface area (TPSA) is 12.9 Å². The van der Waals surface area contributed by atoms with Crippen molar-refractivity contribution in [3.63, 3.8) is 0 Å². The number of aromatic nitrogens is 1. The van der Waals surface area contributed by atoms with Crippen LogP contribution in [0.4, 0.5) is 13.2 Å². The van der Waals surface area contributed by atoms with Crippen LogP contribution in [0.2, 0.25) is 0 Å². The fourth-order valence-electron chi connectivity index (χ4n) is 2.09. The Morgan fingerprint density at radius 3 is 2.26 bits per heavy atom. The summed E-state index contributed by atoms with van der Waals surface area (Å²) in [4.78, 5) is 3.22. The molecular formula is C15H14F3N. The maximum absolute atomic E-state index is 14.1. The summed E-state index contributed by atoms with van der Waals surface area (Å²) in [6, 6.07) is 6.84. The van der Waals surface area contributed by atoms with E-state index in [0.717, 1.165) is 5.56 Å². The summed E-state index contributed by atoms with van der Waals surface area (Å²) < 4.78 is 41.4. The number of aryl methyl sites for hydroxylation is 1. The molecule has 0 saturated carbocycles. The third kappa shape index (κ3) is 2.35. The average molecular weight is 265 g/mol. The van der Waals surface area contributed by atoms with E-state index in [1.807, 2.05) is 13.8 Å². The Kier molecular flexibility index (Phi) is 3.60. The lowest BCUT2D eigenvalue weighted by Crippen LogP contribution is -2.04. The van der Waals surface area contributed by atoms with Crippen molar-refractivity contribution in [2.24, 2.45) is 0 Å². The molecule has 2 rings (SSSR count). The molecule has 0 aliphatic heterocycles. The van der Waals surface area contributed by atoms with Gasteiger partial charge in [0.15, 0.2) is 11.6 Å². The van der Waals surface area contributed by atoms with Crippen molar-refractivity contribution >= 4 is 0 Å². The lowest BCUT2D eigenvalue weighted by Gasteiger charge is -2.15. The predicted molar refractivity (Wildman–Crippen MR) is 68.4 cm³/mol. The van der Waals surface area contributed by atoms with Gasteiger partial charge in [-0.15, -0.1) is 0 Å². The minimum Gasteiger partial charge on any atom is -0.219 e. The maximum atomic E-state index is 14.1. The van der Waals surface area contributed by atoms with Crippen molar-refractivity contribution in [2.75, 3.05) is 0 Å². The van der Waals surface area contributed by atoms with E-state index in [0.29, 0.717) is 5.56 Å². The Bertz CT molecular complexity index is 595. The third-order valence-electron chi connectivity index (χ3n) is 3.06. The second kappa shape index (κ2) is 5.03. The summed E-state index contributed by atoms with van der Waals surface area (Å²) in [6.45, 7) is 5.15. The summed E-state index contributed by atoms with van der Waals surface area (Å²) in [5, 5.41) is 0. The summed E-state index contributed by atoms with van der Waals surface area (Å²) in [7, 11) is 0. The number of benzene rings is 1. The molecule has 100 valence electrons. The minimum atomic E-state index is -1.27. The zero-order valence-electron chi connectivity index (χ0n) is 11.0. The van der Waals surface area contributed by atoms with Gasteiger partial charge in [0.05, 0.1) is 11.3 Å². The van der Waals surface area contributed by atoms with Crippen LogP contribution in [0.25, 0.3) is 11.1 Å². The molecule has 0 saturated heterocycles. The summed E-state index contributed by atoms with van der Waals surface area (Å²) in [5.41, 5.74) is 0.656. The van der Waals surface area contributed by atoms with Crippen molar-refractivity contribution in [3.05, 3.63) is 53.1 Å². The zero-order chi connectivity index (χ0) is 14.2. The van der Waals surface area contributed by atoms with Gasteiger partial charge in [-0.05, 0) is 24.0 Å². The number of pyridine rings is 1. The molecule has 0 atom stereocenters. The van der Waals surface area contributed by atoms with E-state index in [-0.39, 0.29) is 17.2 Å². The molecule has 0 fully saturated rings. The van der Waals surface area contributed by atoms with Crippen molar-refractivity contribution in [1.82, 2.24) is 4.98 Å². The fourth-order valence-corrected chi connectivity index (χ4v) is 2.09. The van der Waals surface area contributed by atoms with Gasteiger partial charge in [-0.1, -0.05) is 38.1 Å². The molecule has 1 aromatic heterocycles. The molecule has 1 nitrogen and oxygen atoms in total. The van der Waals surface area contributed by atoms with Crippen molar-refractivity contribution in [1.29, 1.82) is 0 Å². The third-order valence-corrected chi connectivity index (χ3v) is 3.06. The first kappa shape index (κ1) is 13.6. The smallest absolute Gasteiger partial charge is 0.219 e. The lowest BCUT2D eigenvalue weighted by atomic mass is 9.92. The number of rotatable bonds is 2. The highest BCUT2D eigenvalue weighted by atomic mass is 19.2. The van der Waals surface area contributed by atoms with Gasteiger partial charge in [-0.3, -0.25) is 0 Å². The lowest BCUT2D eigenvalue weighted by molar-refractivity contribution is 0.463. The summed E-state index contributed by atoms with van der Waals surface area (Å²) in [5.74, 6) is -3.25. The standard InChI is InChI=1S/C15H14F3N/c1-8(2)10-6-4-5-7-11(10)12-13(16)9(3)19-15(18)14(12)17/h4-8H,1-3H3. The number of hydrogen-bond acceptors (Lipinski definition) is 1. The van der Waals surface area contributed by atoms with E-state index in [9.17, 15) is 13.2 Å². The molecule has 4 heteroatoms. The van der Waals surface area contributed by atoms with Crippen LogP contribution in [0.3, 0.4) is 0 Å². The van der Waals surface area contributed by atoms with Gasteiger partial charge in [0, 0.05) is 0 Å². The van der Waals surface area contributed by atoms with Gasteiger partial charge >= 0.3 is 0 Å². The molecule has 0 radical (unpaired) electrons. The Morgan fingerprint density at radius 1 is 1.00 bits per heavy atom. The molecule has 1 heterocycles. The van der Waals surface area contributed by atoms with E-state index in [4.69, 9.17) is 0 Å². The quantitative estimate of drug-likeness (QED) is 0.723. The van der Waals surface area contributed by atoms with Gasteiger partial charge in [0.25, 0.3) is 0 Å². The maximum Gasteiger partial charge on any atom is 0.250 e. The zero-order valence-corrected chi connectivity index (χ0v) is 11.0. The molecule has 0 unspecified atom stereocenters. The highest BCUT2D eigenvalue weighted by Crippen LogP contribution is 2.34. The van der Waals surface area contributed by atoms with Crippen LogP contribution in [0.1, 0.15) is 31.0 Å². The number of halogens is 3. The summed E-state index contributed by atoms with van der Waals surface area (Å²) in [6.07, 6.45) is 0. The molecule has 0 aliphatic rings. The Labute approximate surface area is 110 Å². The normalized spacial score (nSPS) is 11.1. The van der Waals surface area contributed by atoms with Gasteiger partial charge in [0.2, 0.25) is 5.95 Å². The predicted octanol–water partition coefficient (Wildman–Crippen LogP) is 4.60. The Morgan fingerprint density at radius 2 is 1.63 bits per heavy atom. The molecule has 0 bridgehead atoms. The fraction of sp³-hybridized carbons (Fsp3) is 0.267. The van der Waals surface area contributed by atoms with E-state index in [2.05, 4.69) is 4.98 Å². The van der Waals surface area contributed by atoms with Gasteiger partial charge in [0.1, 0.15) is 0 Å². The van der Waals surface area contributed by atoms with Crippen molar-refractivity contribution in [2.45, 2.75) is 26.7 Å². The van der Waals surface area contributed by atoms with Gasteiger partial charge < -0.3 is 0 Å². The number of nitrogens with zero attached hydrogens (tertiary/aromatic N) is 1. The Balaban J connectivity index is 2.80. The van der Waals surface area contributed by atoms with Crippen LogP contribution in [0, 0.1) is 24.5 Å². The van der Waals surface area contributed by atoms with Crippen LogP contribution in [0.5, 0.6) is 0 Å². The van der Waals surface area contributed by atoms with Crippen molar-refractivity contribution in [3.8, 4) is 11.1 Å². The molecule has 19 heavy (non-hydrogen) atoms. The second-order valence-corrected chi connectivity index (χ2v) is 4.73. The largest absolute Gasteiger partial charge is 0.250 e. The van der Waals surface area contributed by atoms with Crippen LogP contribution in [0.15, 0.2) is 24.3 Å². The van der Waals surface area contributed by atoms with Crippen LogP contribution in [-0.4, -0.2) is 4.98 Å². The first-order chi connectivity index (χ1) is 8.93. The van der Waals surface area contributed by atoms with E-state index in [1.54, 1.807) is 24.3 Å². The molecule has 2 aromatic rings. The minimum absolute atomic E-state index is 0.0755. The second-order valence-electron chi connectivity index (χ2n) is 4.73. The van der Waals surface area contributed by atoms with Crippen LogP contribution in [-0.2, 0) is 0 Å². The van der Waals surface area contributed by atoms with Gasteiger partial charge in [-0.2, -0.15) is 4.39 Å². The molecular weight excluding hydrogens is 251 g/mol. The van der Waals surface area contributed by atoms with E-state index < -0.39 is 17.6 Å². The molecule has 0 aliphatic carbocycles. The van der Waals surface area contributed by atoms with Crippen LogP contribution < -0.4 is 0 Å². The average Bonchev–Trinajstić information content (AvgIpc) is 2.37. The van der Waals surface area contributed by atoms with Crippen molar-refractivity contribution < 1.29 is 13.2 Å². The SMILES string of the molecule is Cc1nc(F)c(F)c(-c2ccccc2C(C)C)c1F. The van der Waals surface area contributed by atoms with Crippen LogP contribution >= 0.6 is 0 Å². The first-order valence-electron chi connectivity index (χ1n) is 6.03. The summed E-state index contributed by atoms with van der Waals surface area (Å²) >= 11 is 0. The molecule has 0 N–H and O–H groups in total. The Hall–Kier alpha value is -1.84. The number of hydrogen-bond donors (Lipinski definition) is 0. The molecule has 0 spiro atoms. The molecule has 1 aromatic carbocycles. The van der Waals surface area contributed by atoms with E-state index in [1.165, 1.54) is 6.92 Å². The highest BCUT2D eigenvalue weighted by molar-refractivity contribution is 5.69. The first-order valence-corrected chi connectivity index (χ1v) is 6.03. The molecule has 0 amide bonds. The van der Waals surface area contributed by atoms with E-state index >= 15 is 0 Å². The van der Waals surface area contributed by atoms with Gasteiger partial charge in [-0.25, -0.2) is 13.8 Å². The monoisotopic (exact) mass is 265 g/mol. The highest BCUT2D eigenvalue weighted by Gasteiger charge is 2.22.